The number of H-pyrrole nitrogens is 1. The van der Waals surface area contributed by atoms with Crippen molar-refractivity contribution in [1.29, 1.82) is 0 Å². The SMILES string of the molecule is CCOc1ccc(C(=O)CCN[C@@H](Cc2cnc[nH]2)C(=O)O)cc1. The van der Waals surface area contributed by atoms with Crippen LogP contribution in [0.3, 0.4) is 0 Å². The van der Waals surface area contributed by atoms with E-state index in [2.05, 4.69) is 15.3 Å². The van der Waals surface area contributed by atoms with Crippen LogP contribution in [0.5, 0.6) is 5.75 Å². The standard InChI is InChI=1S/C17H21N3O4/c1-2-24-14-5-3-12(4-6-14)16(21)7-8-19-15(17(22)23)9-13-10-18-11-20-13/h3-6,10-11,15,19H,2,7-9H2,1H3,(H,18,20)(H,22,23)/t15-/m0/s1. The summed E-state index contributed by atoms with van der Waals surface area (Å²) in [5, 5.41) is 12.1. The normalized spacial score (nSPS) is 11.9. The molecule has 1 aromatic heterocycles. The predicted octanol–water partition coefficient (Wildman–Crippen LogP) is 1.67. The van der Waals surface area contributed by atoms with Gasteiger partial charge in [0, 0.05) is 36.8 Å². The molecule has 0 saturated carbocycles. The van der Waals surface area contributed by atoms with E-state index in [9.17, 15) is 14.7 Å². The fraction of sp³-hybridized carbons (Fsp3) is 0.353. The van der Waals surface area contributed by atoms with Crippen molar-refractivity contribution in [2.45, 2.75) is 25.8 Å². The highest BCUT2D eigenvalue weighted by atomic mass is 16.5. The van der Waals surface area contributed by atoms with Crippen LogP contribution in [-0.2, 0) is 11.2 Å². The van der Waals surface area contributed by atoms with Gasteiger partial charge in [0.05, 0.1) is 12.9 Å². The average molecular weight is 331 g/mol. The van der Waals surface area contributed by atoms with Crippen molar-refractivity contribution in [3.05, 3.63) is 48.0 Å². The van der Waals surface area contributed by atoms with Gasteiger partial charge in [-0.2, -0.15) is 0 Å². The molecule has 2 aromatic rings. The first-order valence-corrected chi connectivity index (χ1v) is 7.79. The highest BCUT2D eigenvalue weighted by molar-refractivity contribution is 5.96. The van der Waals surface area contributed by atoms with Crippen LogP contribution in [0.1, 0.15) is 29.4 Å². The molecule has 1 atom stereocenters. The van der Waals surface area contributed by atoms with E-state index in [1.165, 1.54) is 6.33 Å². The van der Waals surface area contributed by atoms with Gasteiger partial charge in [-0.3, -0.25) is 9.59 Å². The Morgan fingerprint density at radius 3 is 2.67 bits per heavy atom. The van der Waals surface area contributed by atoms with Gasteiger partial charge in [0.15, 0.2) is 5.78 Å². The van der Waals surface area contributed by atoms with Gasteiger partial charge in [0.2, 0.25) is 0 Å². The summed E-state index contributed by atoms with van der Waals surface area (Å²) in [6, 6.07) is 6.17. The number of carbonyl (C=O) groups is 2. The molecule has 0 spiro atoms. The number of carbonyl (C=O) groups excluding carboxylic acids is 1. The smallest absolute Gasteiger partial charge is 0.321 e. The maximum absolute atomic E-state index is 12.1. The third-order valence-electron chi connectivity index (χ3n) is 3.51. The van der Waals surface area contributed by atoms with E-state index in [0.29, 0.717) is 12.2 Å². The van der Waals surface area contributed by atoms with Crippen LogP contribution >= 0.6 is 0 Å². The minimum absolute atomic E-state index is 0.0452. The molecule has 3 N–H and O–H groups in total. The second kappa shape index (κ2) is 8.83. The summed E-state index contributed by atoms with van der Waals surface area (Å²) < 4.78 is 5.33. The summed E-state index contributed by atoms with van der Waals surface area (Å²) in [5.74, 6) is -0.285. The maximum Gasteiger partial charge on any atom is 0.321 e. The molecule has 0 amide bonds. The summed E-state index contributed by atoms with van der Waals surface area (Å²) in [4.78, 5) is 30.1. The van der Waals surface area contributed by atoms with Crippen LogP contribution in [0.2, 0.25) is 0 Å². The topological polar surface area (TPSA) is 104 Å². The Labute approximate surface area is 140 Å². The Hall–Kier alpha value is -2.67. The molecule has 1 aromatic carbocycles. The Bertz CT molecular complexity index is 653. The van der Waals surface area contributed by atoms with Gasteiger partial charge >= 0.3 is 5.97 Å². The molecule has 0 bridgehead atoms. The van der Waals surface area contributed by atoms with Crippen molar-refractivity contribution in [1.82, 2.24) is 15.3 Å². The van der Waals surface area contributed by atoms with Crippen LogP contribution in [0.25, 0.3) is 0 Å². The molecule has 128 valence electrons. The molecular formula is C17H21N3O4. The highest BCUT2D eigenvalue weighted by Crippen LogP contribution is 2.13. The van der Waals surface area contributed by atoms with Gasteiger partial charge in [-0.25, -0.2) is 4.98 Å². The lowest BCUT2D eigenvalue weighted by molar-refractivity contribution is -0.139. The van der Waals surface area contributed by atoms with Crippen molar-refractivity contribution < 1.29 is 19.4 Å². The second-order valence-electron chi connectivity index (χ2n) is 5.26. The van der Waals surface area contributed by atoms with Gasteiger partial charge in [-0.1, -0.05) is 0 Å². The molecule has 0 aliphatic rings. The summed E-state index contributed by atoms with van der Waals surface area (Å²) in [6.45, 7) is 2.76. The number of aromatic nitrogens is 2. The Kier molecular flexibility index (Phi) is 6.51. The number of ketones is 1. The number of hydrogen-bond acceptors (Lipinski definition) is 5. The van der Waals surface area contributed by atoms with Gasteiger partial charge in [-0.05, 0) is 31.2 Å². The lowest BCUT2D eigenvalue weighted by Gasteiger charge is -2.13. The molecule has 2 rings (SSSR count). The van der Waals surface area contributed by atoms with Crippen LogP contribution in [-0.4, -0.2) is 46.0 Å². The summed E-state index contributed by atoms with van der Waals surface area (Å²) in [7, 11) is 0. The zero-order chi connectivity index (χ0) is 17.4. The van der Waals surface area contributed by atoms with Gasteiger partial charge in [-0.15, -0.1) is 0 Å². The van der Waals surface area contributed by atoms with Crippen molar-refractivity contribution in [3.8, 4) is 5.75 Å². The quantitative estimate of drug-likeness (QED) is 0.572. The van der Waals surface area contributed by atoms with E-state index < -0.39 is 12.0 Å². The first-order chi connectivity index (χ1) is 11.6. The fourth-order valence-electron chi connectivity index (χ4n) is 2.27. The van der Waals surface area contributed by atoms with Crippen molar-refractivity contribution in [3.63, 3.8) is 0 Å². The number of benzene rings is 1. The van der Waals surface area contributed by atoms with Gasteiger partial charge in [0.1, 0.15) is 11.8 Å². The fourth-order valence-corrected chi connectivity index (χ4v) is 2.27. The summed E-state index contributed by atoms with van der Waals surface area (Å²) >= 11 is 0. The van der Waals surface area contributed by atoms with Crippen molar-refractivity contribution in [2.24, 2.45) is 0 Å². The molecule has 7 nitrogen and oxygen atoms in total. The van der Waals surface area contributed by atoms with Crippen LogP contribution in [0.4, 0.5) is 0 Å². The number of nitrogens with one attached hydrogen (secondary N) is 2. The minimum Gasteiger partial charge on any atom is -0.494 e. The van der Waals surface area contributed by atoms with E-state index in [0.717, 1.165) is 11.4 Å². The molecule has 0 aliphatic carbocycles. The summed E-state index contributed by atoms with van der Waals surface area (Å²) in [5.41, 5.74) is 1.31. The largest absolute Gasteiger partial charge is 0.494 e. The number of rotatable bonds is 10. The molecule has 0 aliphatic heterocycles. The number of nitrogens with zero attached hydrogens (tertiary/aromatic N) is 1. The van der Waals surface area contributed by atoms with Gasteiger partial charge < -0.3 is 20.1 Å². The van der Waals surface area contributed by atoms with E-state index in [1.54, 1.807) is 30.5 Å². The zero-order valence-electron chi connectivity index (χ0n) is 13.5. The van der Waals surface area contributed by atoms with Crippen LogP contribution in [0.15, 0.2) is 36.8 Å². The summed E-state index contributed by atoms with van der Waals surface area (Å²) in [6.07, 6.45) is 3.60. The van der Waals surface area contributed by atoms with E-state index >= 15 is 0 Å². The maximum atomic E-state index is 12.1. The zero-order valence-corrected chi connectivity index (χ0v) is 13.5. The number of hydrogen-bond donors (Lipinski definition) is 3. The third-order valence-corrected chi connectivity index (χ3v) is 3.51. The van der Waals surface area contributed by atoms with Crippen molar-refractivity contribution >= 4 is 11.8 Å². The van der Waals surface area contributed by atoms with Gasteiger partial charge in [0.25, 0.3) is 0 Å². The molecule has 0 radical (unpaired) electrons. The molecule has 0 fully saturated rings. The highest BCUT2D eigenvalue weighted by Gasteiger charge is 2.18. The number of imidazole rings is 1. The first kappa shape index (κ1) is 17.7. The molecule has 0 saturated heterocycles. The Balaban J connectivity index is 1.82. The molecule has 0 unspecified atom stereocenters. The number of aromatic amines is 1. The second-order valence-corrected chi connectivity index (χ2v) is 5.26. The Morgan fingerprint density at radius 1 is 1.33 bits per heavy atom. The number of carboxylic acids is 1. The van der Waals surface area contributed by atoms with Crippen molar-refractivity contribution in [2.75, 3.05) is 13.2 Å². The monoisotopic (exact) mass is 331 g/mol. The van der Waals surface area contributed by atoms with E-state index in [-0.39, 0.29) is 25.2 Å². The minimum atomic E-state index is -0.960. The Morgan fingerprint density at radius 2 is 2.08 bits per heavy atom. The first-order valence-electron chi connectivity index (χ1n) is 7.79. The van der Waals surface area contributed by atoms with Crippen LogP contribution < -0.4 is 10.1 Å². The molecule has 24 heavy (non-hydrogen) atoms. The average Bonchev–Trinajstić information content (AvgIpc) is 3.07. The lowest BCUT2D eigenvalue weighted by Crippen LogP contribution is -2.39. The molecule has 7 heteroatoms. The predicted molar refractivity (Wildman–Crippen MR) is 88.3 cm³/mol. The number of aliphatic carboxylic acids is 1. The van der Waals surface area contributed by atoms with Crippen LogP contribution in [0, 0.1) is 0 Å². The molecule has 1 heterocycles. The lowest BCUT2D eigenvalue weighted by atomic mass is 10.1. The number of carboxylic acid groups (broad SMARTS) is 1. The number of ether oxygens (including phenoxy) is 1. The van der Waals surface area contributed by atoms with E-state index in [4.69, 9.17) is 4.74 Å². The molecular weight excluding hydrogens is 310 g/mol. The van der Waals surface area contributed by atoms with E-state index in [1.807, 2.05) is 6.92 Å². The third kappa shape index (κ3) is 5.20. The number of Topliss-reactive ketones (excluding diaryl/α,β-unsaturated/α-hetero) is 1.